The van der Waals surface area contributed by atoms with E-state index in [9.17, 15) is 4.79 Å². The fourth-order valence-corrected chi connectivity index (χ4v) is 3.64. The second-order valence-electron chi connectivity index (χ2n) is 7.24. The highest BCUT2D eigenvalue weighted by Crippen LogP contribution is 2.30. The monoisotopic (exact) mass is 382 g/mol. The lowest BCUT2D eigenvalue weighted by Gasteiger charge is -2.07. The Morgan fingerprint density at radius 3 is 2.52 bits per heavy atom. The summed E-state index contributed by atoms with van der Waals surface area (Å²) in [4.78, 5) is 18.1. The molecular formula is C24H20N3O2+. The van der Waals surface area contributed by atoms with Crippen molar-refractivity contribution in [1.82, 2.24) is 4.98 Å². The molecule has 0 saturated carbocycles. The highest BCUT2D eigenvalue weighted by molar-refractivity contribution is 5.86. The normalized spacial score (nSPS) is 15.2. The van der Waals surface area contributed by atoms with E-state index in [2.05, 4.69) is 24.4 Å². The molecule has 2 aromatic heterocycles. The number of aryl methyl sites for hydroxylation is 1. The third-order valence-corrected chi connectivity index (χ3v) is 5.18. The number of aromatic nitrogens is 2. The van der Waals surface area contributed by atoms with E-state index < -0.39 is 6.04 Å². The van der Waals surface area contributed by atoms with Gasteiger partial charge in [0.1, 0.15) is 17.7 Å². The molecule has 5 rings (SSSR count). The number of fused-ring (bicyclic) bond motifs is 1. The number of benzene rings is 2. The van der Waals surface area contributed by atoms with E-state index in [-0.39, 0.29) is 5.91 Å². The van der Waals surface area contributed by atoms with Gasteiger partial charge in [-0.15, -0.1) is 0 Å². The van der Waals surface area contributed by atoms with Gasteiger partial charge in [-0.05, 0) is 19.1 Å². The Morgan fingerprint density at radius 1 is 1.00 bits per heavy atom. The second-order valence-corrected chi connectivity index (χ2v) is 7.24. The molecule has 0 radical (unpaired) electrons. The number of hydrogen-bond acceptors (Lipinski definition) is 4. The van der Waals surface area contributed by atoms with Gasteiger partial charge in [0.25, 0.3) is 0 Å². The van der Waals surface area contributed by atoms with Crippen molar-refractivity contribution in [3.8, 4) is 22.5 Å². The number of hydrogen-bond donors (Lipinski definition) is 1. The van der Waals surface area contributed by atoms with E-state index in [1.807, 2.05) is 60.8 Å². The quantitative estimate of drug-likeness (QED) is 0.535. The first-order valence-electron chi connectivity index (χ1n) is 9.61. The molecule has 1 N–H and O–H groups in total. The van der Waals surface area contributed by atoms with Crippen molar-refractivity contribution in [2.24, 2.45) is 0 Å². The number of rotatable bonds is 4. The molecule has 0 fully saturated rings. The van der Waals surface area contributed by atoms with Gasteiger partial charge >= 0.3 is 11.7 Å². The molecule has 0 aliphatic carbocycles. The molecule has 142 valence electrons. The van der Waals surface area contributed by atoms with Gasteiger partial charge in [-0.3, -0.25) is 5.32 Å². The summed E-state index contributed by atoms with van der Waals surface area (Å²) in [6.45, 7) is 2.05. The van der Waals surface area contributed by atoms with E-state index in [1.54, 1.807) is 10.8 Å². The smallest absolute Gasteiger partial charge is 0.359 e. The Kier molecular flexibility index (Phi) is 4.21. The van der Waals surface area contributed by atoms with Gasteiger partial charge in [0.2, 0.25) is 6.04 Å². The third-order valence-electron chi connectivity index (χ3n) is 5.18. The lowest BCUT2D eigenvalue weighted by atomic mass is 10.1. The van der Waals surface area contributed by atoms with Crippen LogP contribution in [0.4, 0.5) is 5.82 Å². The van der Waals surface area contributed by atoms with Crippen LogP contribution in [0, 0.1) is 6.92 Å². The van der Waals surface area contributed by atoms with Crippen molar-refractivity contribution in [3.63, 3.8) is 0 Å². The first-order chi connectivity index (χ1) is 14.2. The van der Waals surface area contributed by atoms with Crippen LogP contribution < -0.4 is 9.88 Å². The molecule has 1 aliphatic rings. The van der Waals surface area contributed by atoms with Crippen molar-refractivity contribution in [3.05, 3.63) is 90.5 Å². The Labute approximate surface area is 168 Å². The maximum Gasteiger partial charge on any atom is 0.359 e. The molecule has 0 saturated heterocycles. The first-order valence-corrected chi connectivity index (χ1v) is 9.61. The molecule has 1 atom stereocenters. The average molecular weight is 382 g/mol. The molecule has 0 spiro atoms. The van der Waals surface area contributed by atoms with Crippen LogP contribution in [-0.4, -0.2) is 16.9 Å². The number of carbonyl (C=O) groups excluding carboxylic acids is 1. The zero-order valence-corrected chi connectivity index (χ0v) is 16.0. The van der Waals surface area contributed by atoms with Crippen molar-refractivity contribution >= 4 is 11.7 Å². The highest BCUT2D eigenvalue weighted by Gasteiger charge is 2.41. The summed E-state index contributed by atoms with van der Waals surface area (Å²) in [6.07, 6.45) is 3.93. The minimum absolute atomic E-state index is 0.00987. The molecule has 0 amide bonds. The predicted octanol–water partition coefficient (Wildman–Crippen LogP) is 4.28. The van der Waals surface area contributed by atoms with Gasteiger partial charge in [0.05, 0.1) is 12.7 Å². The maximum absolute atomic E-state index is 13.2. The highest BCUT2D eigenvalue weighted by atomic mass is 16.3. The fourth-order valence-electron chi connectivity index (χ4n) is 3.64. The number of nitrogens with one attached hydrogen (secondary N) is 1. The van der Waals surface area contributed by atoms with Crippen LogP contribution in [0.5, 0.6) is 0 Å². The van der Waals surface area contributed by atoms with Gasteiger partial charge in [-0.25, -0.2) is 9.78 Å². The van der Waals surface area contributed by atoms with E-state index in [0.717, 1.165) is 34.1 Å². The molecule has 1 aliphatic heterocycles. The lowest BCUT2D eigenvalue weighted by molar-refractivity contribution is -0.551. The zero-order chi connectivity index (χ0) is 19.8. The van der Waals surface area contributed by atoms with Gasteiger partial charge in [-0.2, -0.15) is 4.57 Å². The number of furan rings is 1. The molecule has 5 nitrogen and oxygen atoms in total. The fraction of sp³-hybridized carbons (Fsp3) is 0.125. The van der Waals surface area contributed by atoms with Crippen molar-refractivity contribution in [2.75, 3.05) is 5.32 Å². The van der Waals surface area contributed by atoms with Gasteiger partial charge in [0.15, 0.2) is 5.69 Å². The Morgan fingerprint density at radius 2 is 1.79 bits per heavy atom. The molecule has 4 aromatic rings. The van der Waals surface area contributed by atoms with Gasteiger partial charge in [0, 0.05) is 11.1 Å². The largest absolute Gasteiger partial charge is 0.469 e. The molecule has 29 heavy (non-hydrogen) atoms. The number of anilines is 1. The van der Waals surface area contributed by atoms with Crippen LogP contribution in [-0.2, 0) is 6.42 Å². The summed E-state index contributed by atoms with van der Waals surface area (Å²) in [5.74, 6) is 1.48. The van der Waals surface area contributed by atoms with E-state index in [4.69, 9.17) is 9.40 Å². The molecule has 2 aromatic carbocycles. The van der Waals surface area contributed by atoms with E-state index in [1.165, 1.54) is 5.56 Å². The van der Waals surface area contributed by atoms with E-state index in [0.29, 0.717) is 6.42 Å². The average Bonchev–Trinajstić information content (AvgIpc) is 3.37. The molecule has 5 heteroatoms. The summed E-state index contributed by atoms with van der Waals surface area (Å²) in [5, 5.41) is 3.37. The van der Waals surface area contributed by atoms with Crippen LogP contribution in [0.3, 0.4) is 0 Å². The number of nitrogens with zero attached hydrogens (tertiary/aromatic N) is 2. The second kappa shape index (κ2) is 7.02. The zero-order valence-electron chi connectivity index (χ0n) is 16.0. The molecule has 1 unspecified atom stereocenters. The van der Waals surface area contributed by atoms with Crippen LogP contribution in [0.1, 0.15) is 16.1 Å². The maximum atomic E-state index is 13.2. The summed E-state index contributed by atoms with van der Waals surface area (Å²) < 4.78 is 7.14. The summed E-state index contributed by atoms with van der Waals surface area (Å²) in [6, 6.07) is 21.4. The molecule has 3 heterocycles. The third kappa shape index (κ3) is 3.21. The van der Waals surface area contributed by atoms with Gasteiger partial charge in [-0.1, -0.05) is 60.2 Å². The van der Waals surface area contributed by atoms with Crippen LogP contribution >= 0.6 is 0 Å². The van der Waals surface area contributed by atoms with E-state index >= 15 is 0 Å². The van der Waals surface area contributed by atoms with Crippen molar-refractivity contribution in [2.45, 2.75) is 19.4 Å². The summed E-state index contributed by atoms with van der Waals surface area (Å²) >= 11 is 0. The summed E-state index contributed by atoms with van der Waals surface area (Å²) in [5.41, 5.74) is 4.65. The SMILES string of the molecule is Cc1ccc(-c2nc(-c3ccccc3)c[n+]3c2NC(Cc2ccco2)C3=O)cc1. The van der Waals surface area contributed by atoms with Crippen molar-refractivity contribution in [1.29, 1.82) is 0 Å². The first kappa shape index (κ1) is 17.4. The Balaban J connectivity index is 1.63. The lowest BCUT2D eigenvalue weighted by Crippen LogP contribution is -2.43. The molecule has 0 bridgehead atoms. The Bertz CT molecular complexity index is 1170. The number of carbonyl (C=O) groups is 1. The van der Waals surface area contributed by atoms with Crippen LogP contribution in [0.2, 0.25) is 0 Å². The minimum atomic E-state index is -0.391. The topological polar surface area (TPSA) is 59.0 Å². The standard InChI is InChI=1S/C24H19N3O2/c1-16-9-11-18(12-10-16)22-23-26-20(14-19-8-5-13-29-19)24(28)27(23)15-21(25-22)17-6-3-2-4-7-17/h2-13,15,20H,14H2,1H3/p+1. The van der Waals surface area contributed by atoms with Gasteiger partial charge < -0.3 is 4.42 Å². The summed E-state index contributed by atoms with van der Waals surface area (Å²) in [7, 11) is 0. The van der Waals surface area contributed by atoms with Crippen molar-refractivity contribution < 1.29 is 13.8 Å². The molecular weight excluding hydrogens is 362 g/mol. The van der Waals surface area contributed by atoms with Crippen LogP contribution in [0.25, 0.3) is 22.5 Å². The Hall–Kier alpha value is -3.73. The minimum Gasteiger partial charge on any atom is -0.469 e. The van der Waals surface area contributed by atoms with Crippen LogP contribution in [0.15, 0.2) is 83.6 Å². The predicted molar refractivity (Wildman–Crippen MR) is 110 cm³/mol.